The number of ether oxygens (including phenoxy) is 1. The molecule has 0 spiro atoms. The van der Waals surface area contributed by atoms with Crippen LogP contribution in [-0.2, 0) is 16.1 Å². The van der Waals surface area contributed by atoms with Crippen molar-refractivity contribution in [1.82, 2.24) is 4.90 Å². The van der Waals surface area contributed by atoms with Crippen LogP contribution >= 0.6 is 0 Å². The Hall–Kier alpha value is -1.19. The smallest absolute Gasteiger partial charge is 0.139 e. The molecule has 3 heteroatoms. The number of hydrogen-bond acceptors (Lipinski definition) is 3. The lowest BCUT2D eigenvalue weighted by Gasteiger charge is -2.32. The number of nitrogens with zero attached hydrogens (tertiary/aromatic N) is 1. The van der Waals surface area contributed by atoms with Gasteiger partial charge in [-0.1, -0.05) is 30.3 Å². The van der Waals surface area contributed by atoms with Gasteiger partial charge >= 0.3 is 0 Å². The minimum Gasteiger partial charge on any atom is -0.378 e. The summed E-state index contributed by atoms with van der Waals surface area (Å²) in [6.07, 6.45) is 0.974. The zero-order valence-electron chi connectivity index (χ0n) is 8.63. The van der Waals surface area contributed by atoms with Crippen molar-refractivity contribution in [3.63, 3.8) is 0 Å². The monoisotopic (exact) mass is 205 g/mol. The largest absolute Gasteiger partial charge is 0.378 e. The summed E-state index contributed by atoms with van der Waals surface area (Å²) in [5, 5.41) is 0. The maximum absolute atomic E-state index is 10.8. The first-order valence-corrected chi connectivity index (χ1v) is 5.21. The first kappa shape index (κ1) is 10.3. The van der Waals surface area contributed by atoms with Crippen LogP contribution in [-0.4, -0.2) is 37.0 Å². The zero-order chi connectivity index (χ0) is 10.5. The average molecular weight is 205 g/mol. The van der Waals surface area contributed by atoms with Crippen molar-refractivity contribution in [2.24, 2.45) is 0 Å². The van der Waals surface area contributed by atoms with Crippen LogP contribution in [0.3, 0.4) is 0 Å². The van der Waals surface area contributed by atoms with Gasteiger partial charge in [0.1, 0.15) is 6.29 Å². The van der Waals surface area contributed by atoms with E-state index in [0.717, 1.165) is 26.0 Å². The summed E-state index contributed by atoms with van der Waals surface area (Å²) in [7, 11) is 0. The van der Waals surface area contributed by atoms with E-state index in [2.05, 4.69) is 17.0 Å². The second kappa shape index (κ2) is 5.05. The topological polar surface area (TPSA) is 29.5 Å². The van der Waals surface area contributed by atoms with E-state index in [1.165, 1.54) is 5.56 Å². The Morgan fingerprint density at radius 2 is 2.20 bits per heavy atom. The van der Waals surface area contributed by atoms with Gasteiger partial charge in [-0.3, -0.25) is 4.90 Å². The molecule has 1 aromatic carbocycles. The molecule has 2 rings (SSSR count). The van der Waals surface area contributed by atoms with Gasteiger partial charge in [-0.05, 0) is 5.56 Å². The van der Waals surface area contributed by atoms with E-state index in [4.69, 9.17) is 4.74 Å². The molecule has 1 aliphatic rings. The summed E-state index contributed by atoms with van der Waals surface area (Å²) in [5.41, 5.74) is 1.24. The molecule has 15 heavy (non-hydrogen) atoms. The number of benzene rings is 1. The Kier molecular flexibility index (Phi) is 3.48. The predicted molar refractivity (Wildman–Crippen MR) is 57.5 cm³/mol. The highest BCUT2D eigenvalue weighted by atomic mass is 16.5. The van der Waals surface area contributed by atoms with Gasteiger partial charge in [0.2, 0.25) is 0 Å². The number of morpholine rings is 1. The van der Waals surface area contributed by atoms with Gasteiger partial charge in [0.15, 0.2) is 0 Å². The zero-order valence-corrected chi connectivity index (χ0v) is 8.63. The van der Waals surface area contributed by atoms with Crippen LogP contribution in [0.25, 0.3) is 0 Å². The molecule has 0 amide bonds. The van der Waals surface area contributed by atoms with E-state index < -0.39 is 0 Å². The molecule has 1 heterocycles. The second-order valence-corrected chi connectivity index (χ2v) is 3.73. The van der Waals surface area contributed by atoms with Gasteiger partial charge in [0.05, 0.1) is 19.3 Å². The predicted octanol–water partition coefficient (Wildman–Crippen LogP) is 1.09. The van der Waals surface area contributed by atoms with E-state index in [1.54, 1.807) is 0 Å². The van der Waals surface area contributed by atoms with Crippen LogP contribution in [0.15, 0.2) is 30.3 Å². The molecule has 1 aliphatic heterocycles. The summed E-state index contributed by atoms with van der Waals surface area (Å²) < 4.78 is 5.27. The standard InChI is InChI=1S/C12H15NO2/c14-9-12-10-15-7-6-13(12)8-11-4-2-1-3-5-11/h1-5,9,12H,6-8,10H2. The number of hydrogen-bond donors (Lipinski definition) is 0. The summed E-state index contributed by atoms with van der Waals surface area (Å²) >= 11 is 0. The third kappa shape index (κ3) is 2.64. The van der Waals surface area contributed by atoms with Crippen LogP contribution in [0.4, 0.5) is 0 Å². The minimum absolute atomic E-state index is 0.0843. The van der Waals surface area contributed by atoms with Crippen molar-refractivity contribution in [2.45, 2.75) is 12.6 Å². The third-order valence-corrected chi connectivity index (χ3v) is 2.67. The Morgan fingerprint density at radius 1 is 1.40 bits per heavy atom. The molecule has 0 saturated carbocycles. The maximum atomic E-state index is 10.8. The molecule has 1 aromatic rings. The molecule has 0 radical (unpaired) electrons. The lowest BCUT2D eigenvalue weighted by molar-refractivity contribution is -0.118. The van der Waals surface area contributed by atoms with Crippen molar-refractivity contribution in [2.75, 3.05) is 19.8 Å². The van der Waals surface area contributed by atoms with E-state index in [1.807, 2.05) is 18.2 Å². The molecule has 1 unspecified atom stereocenters. The Labute approximate surface area is 89.7 Å². The number of carbonyl (C=O) groups is 1. The van der Waals surface area contributed by atoms with Crippen molar-refractivity contribution in [3.8, 4) is 0 Å². The molecule has 0 aliphatic carbocycles. The normalized spacial score (nSPS) is 22.5. The van der Waals surface area contributed by atoms with E-state index >= 15 is 0 Å². The number of aldehydes is 1. The molecule has 3 nitrogen and oxygen atoms in total. The fourth-order valence-electron chi connectivity index (χ4n) is 1.80. The molecular weight excluding hydrogens is 190 g/mol. The summed E-state index contributed by atoms with van der Waals surface area (Å²) in [6, 6.07) is 10.1. The Bertz CT molecular complexity index is 313. The van der Waals surface area contributed by atoms with Gasteiger partial charge in [-0.15, -0.1) is 0 Å². The van der Waals surface area contributed by atoms with Crippen LogP contribution < -0.4 is 0 Å². The molecule has 1 saturated heterocycles. The molecule has 80 valence electrons. The van der Waals surface area contributed by atoms with E-state index in [-0.39, 0.29) is 6.04 Å². The van der Waals surface area contributed by atoms with Gasteiger partial charge in [-0.25, -0.2) is 0 Å². The van der Waals surface area contributed by atoms with Crippen LogP contribution in [0.5, 0.6) is 0 Å². The van der Waals surface area contributed by atoms with Gasteiger partial charge in [-0.2, -0.15) is 0 Å². The quantitative estimate of drug-likeness (QED) is 0.692. The Balaban J connectivity index is 2.00. The van der Waals surface area contributed by atoms with E-state index in [0.29, 0.717) is 6.61 Å². The first-order chi connectivity index (χ1) is 7.40. The van der Waals surface area contributed by atoms with Gasteiger partial charge < -0.3 is 9.53 Å². The van der Waals surface area contributed by atoms with Crippen LogP contribution in [0.2, 0.25) is 0 Å². The molecule has 1 fully saturated rings. The van der Waals surface area contributed by atoms with Crippen LogP contribution in [0, 0.1) is 0 Å². The fraction of sp³-hybridized carbons (Fsp3) is 0.417. The maximum Gasteiger partial charge on any atom is 0.139 e. The SMILES string of the molecule is O=CC1COCCN1Cc1ccccc1. The molecule has 0 N–H and O–H groups in total. The van der Waals surface area contributed by atoms with E-state index in [9.17, 15) is 4.79 Å². The first-order valence-electron chi connectivity index (χ1n) is 5.21. The van der Waals surface area contributed by atoms with Gasteiger partial charge in [0.25, 0.3) is 0 Å². The van der Waals surface area contributed by atoms with Crippen molar-refractivity contribution < 1.29 is 9.53 Å². The van der Waals surface area contributed by atoms with Crippen molar-refractivity contribution >= 4 is 6.29 Å². The summed E-state index contributed by atoms with van der Waals surface area (Å²) in [6.45, 7) is 2.90. The number of carbonyl (C=O) groups excluding carboxylic acids is 1. The highest BCUT2D eigenvalue weighted by Gasteiger charge is 2.21. The minimum atomic E-state index is -0.0843. The summed E-state index contributed by atoms with van der Waals surface area (Å²) in [5.74, 6) is 0. The highest BCUT2D eigenvalue weighted by Crippen LogP contribution is 2.10. The highest BCUT2D eigenvalue weighted by molar-refractivity contribution is 5.58. The number of rotatable bonds is 3. The second-order valence-electron chi connectivity index (χ2n) is 3.73. The van der Waals surface area contributed by atoms with Gasteiger partial charge in [0, 0.05) is 13.1 Å². The van der Waals surface area contributed by atoms with Crippen molar-refractivity contribution in [1.29, 1.82) is 0 Å². The third-order valence-electron chi connectivity index (χ3n) is 2.67. The van der Waals surface area contributed by atoms with Crippen LogP contribution in [0.1, 0.15) is 5.56 Å². The fourth-order valence-corrected chi connectivity index (χ4v) is 1.80. The Morgan fingerprint density at radius 3 is 2.93 bits per heavy atom. The lowest BCUT2D eigenvalue weighted by atomic mass is 10.1. The van der Waals surface area contributed by atoms with Crippen molar-refractivity contribution in [3.05, 3.63) is 35.9 Å². The summed E-state index contributed by atoms with van der Waals surface area (Å²) in [4.78, 5) is 13.0. The molecular formula is C12H15NO2. The molecule has 0 bridgehead atoms. The molecule has 0 aromatic heterocycles. The lowest BCUT2D eigenvalue weighted by Crippen LogP contribution is -2.45. The average Bonchev–Trinajstić information content (AvgIpc) is 2.31. The molecule has 1 atom stereocenters.